The van der Waals surface area contributed by atoms with Crippen molar-refractivity contribution in [2.24, 2.45) is 11.5 Å². The van der Waals surface area contributed by atoms with E-state index in [1.165, 1.54) is 72.2 Å². The van der Waals surface area contributed by atoms with E-state index in [9.17, 15) is 42.7 Å². The third-order valence-corrected chi connectivity index (χ3v) is 14.0. The van der Waals surface area contributed by atoms with E-state index in [0.29, 0.717) is 24.1 Å². The summed E-state index contributed by atoms with van der Waals surface area (Å²) in [4.78, 5) is 139. The molecule has 8 rings (SSSR count). The quantitative estimate of drug-likeness (QED) is 0.0223. The van der Waals surface area contributed by atoms with E-state index in [4.69, 9.17) is 55.1 Å². The number of benzene rings is 2. The van der Waals surface area contributed by atoms with E-state index in [-0.39, 0.29) is 150 Å². The number of nitrogens with zero attached hydrogens (tertiary/aromatic N) is 8. The zero-order valence-electron chi connectivity index (χ0n) is 46.0. The van der Waals surface area contributed by atoms with Gasteiger partial charge in [0.05, 0.1) is 62.7 Å². The van der Waals surface area contributed by atoms with E-state index in [1.54, 1.807) is 58.3 Å². The Morgan fingerprint density at radius 3 is 1.18 bits per heavy atom. The molecule has 32 heteroatoms. The number of unbranched alkanes of at least 4 members (excludes halogenated alkanes) is 1. The number of nitrogens with two attached hydrogens (primary N) is 2. The highest BCUT2D eigenvalue weighted by Crippen LogP contribution is 2.41. The molecule has 0 radical (unpaired) electrons. The number of carboxylic acids is 1. The number of carbonyl (C=O) groups excluding carboxylic acids is 6. The van der Waals surface area contributed by atoms with Gasteiger partial charge in [0.1, 0.15) is 42.0 Å². The van der Waals surface area contributed by atoms with Crippen LogP contribution in [0.5, 0.6) is 23.3 Å². The summed E-state index contributed by atoms with van der Waals surface area (Å²) in [7, 11) is -4.33. The number of pyridine rings is 2. The number of hydrogen-bond acceptors (Lipinski definition) is 19. The Labute approximate surface area is 509 Å². The zero-order chi connectivity index (χ0) is 61.5. The molecule has 6 aromatic rings. The van der Waals surface area contributed by atoms with Crippen LogP contribution in [-0.4, -0.2) is 198 Å². The van der Waals surface area contributed by atoms with Gasteiger partial charge in [0, 0.05) is 75.9 Å². The predicted octanol–water partition coefficient (Wildman–Crippen LogP) is 4.65. The average molecular weight is 1280 g/mol. The standard InChI is InChI=1S/2C23H25N4O9P.C6H14N2O2.4CH4/c2*1-34-17-12-24-21(35-2)19-18(17)16(13-27(19)14-36-37(31,32)33)20(28)23(30)26-10-8-25(9-11-26)22(29)15-6-4-3-5-7-15;7-4-2-1-3-5(8)6(9)10;;;;/h2*3-7,12-13H,8-11,14H2,1-2H3,(H2,31,32,33);5H,1-4,7-8H2,(H,9,10);4*1H4. The number of phosphoric acid groups is 2. The van der Waals surface area contributed by atoms with Crippen molar-refractivity contribution >= 4 is 78.6 Å². The molecule has 484 valence electrons. The summed E-state index contributed by atoms with van der Waals surface area (Å²) in [5, 5.41) is 8.69. The molecule has 0 bridgehead atoms. The minimum atomic E-state index is -4.85. The molecule has 88 heavy (non-hydrogen) atoms. The third-order valence-electron chi connectivity index (χ3n) is 13.1. The second-order valence-corrected chi connectivity index (χ2v) is 20.9. The number of aliphatic carboxylic acids is 1. The molecule has 9 N–H and O–H groups in total. The Morgan fingerprint density at radius 2 is 0.886 bits per heavy atom. The molecule has 2 aromatic carbocycles. The number of ether oxygens (including phenoxy) is 4. The van der Waals surface area contributed by atoms with Gasteiger partial charge in [-0.05, 0) is 43.7 Å². The Morgan fingerprint density at radius 1 is 0.545 bits per heavy atom. The van der Waals surface area contributed by atoms with Gasteiger partial charge in [0.2, 0.25) is 11.8 Å². The number of piperazine rings is 2. The first-order chi connectivity index (χ1) is 40.0. The molecule has 2 saturated heterocycles. The molecule has 2 aliphatic rings. The minimum Gasteiger partial charge on any atom is -0.494 e. The van der Waals surface area contributed by atoms with Crippen molar-refractivity contribution < 1.29 is 95.4 Å². The summed E-state index contributed by atoms with van der Waals surface area (Å²) in [6, 6.07) is 16.8. The number of ketones is 2. The highest BCUT2D eigenvalue weighted by molar-refractivity contribution is 7.46. The molecule has 30 nitrogen and oxygen atoms in total. The van der Waals surface area contributed by atoms with Gasteiger partial charge in [-0.15, -0.1) is 0 Å². The van der Waals surface area contributed by atoms with Crippen molar-refractivity contribution in [1.29, 1.82) is 0 Å². The number of aromatic nitrogens is 4. The van der Waals surface area contributed by atoms with Gasteiger partial charge >= 0.3 is 21.6 Å². The van der Waals surface area contributed by atoms with Crippen molar-refractivity contribution in [3.05, 3.63) is 108 Å². The summed E-state index contributed by atoms with van der Waals surface area (Å²) in [6.45, 7) is 0.967. The number of methoxy groups -OCH3 is 4. The van der Waals surface area contributed by atoms with Gasteiger partial charge < -0.3 is 83.8 Å². The Balaban J connectivity index is 0.000000500. The van der Waals surface area contributed by atoms with Crippen LogP contribution in [0.25, 0.3) is 21.8 Å². The Bertz CT molecular complexity index is 3220. The lowest BCUT2D eigenvalue weighted by Gasteiger charge is -2.34. The van der Waals surface area contributed by atoms with E-state index in [1.807, 2.05) is 12.1 Å². The number of carbonyl (C=O) groups is 7. The summed E-state index contributed by atoms with van der Waals surface area (Å²) in [5.74, 6) is -4.19. The number of amides is 4. The van der Waals surface area contributed by atoms with Crippen LogP contribution in [0.15, 0.2) is 85.5 Å². The first-order valence-corrected chi connectivity index (χ1v) is 28.7. The van der Waals surface area contributed by atoms with E-state index in [0.717, 1.165) is 12.8 Å². The molecule has 2 fully saturated rings. The van der Waals surface area contributed by atoms with Crippen LogP contribution in [0.3, 0.4) is 0 Å². The minimum absolute atomic E-state index is 0. The topological polar surface area (TPSA) is 411 Å². The lowest BCUT2D eigenvalue weighted by atomic mass is 10.1. The molecule has 2 aliphatic heterocycles. The highest BCUT2D eigenvalue weighted by Gasteiger charge is 2.35. The second-order valence-electron chi connectivity index (χ2n) is 18.4. The largest absolute Gasteiger partial charge is 0.494 e. The number of Topliss-reactive ketones (excluding diaryl/α,β-unsaturated/α-hetero) is 2. The molecular weight excluding hydrogens is 1190 g/mol. The maximum absolute atomic E-state index is 13.4. The van der Waals surface area contributed by atoms with Crippen LogP contribution in [0.4, 0.5) is 0 Å². The fourth-order valence-corrected chi connectivity index (χ4v) is 9.44. The van der Waals surface area contributed by atoms with E-state index in [2.05, 4.69) is 19.0 Å². The molecule has 0 aliphatic carbocycles. The first kappa shape index (κ1) is 75.9. The number of fused-ring (bicyclic) bond motifs is 2. The van der Waals surface area contributed by atoms with Crippen LogP contribution >= 0.6 is 15.6 Å². The fraction of sp³-hybridized carbons (Fsp3) is 0.411. The van der Waals surface area contributed by atoms with Crippen LogP contribution in [0.2, 0.25) is 0 Å². The maximum atomic E-state index is 13.4. The van der Waals surface area contributed by atoms with Crippen molar-refractivity contribution in [2.75, 3.05) is 87.3 Å². The molecule has 1 unspecified atom stereocenters. The summed E-state index contributed by atoms with van der Waals surface area (Å²) in [5.41, 5.74) is 11.7. The molecule has 0 spiro atoms. The molecule has 1 atom stereocenters. The Hall–Kier alpha value is -8.15. The molecular formula is C56H80N10O20P2. The fourth-order valence-electron chi connectivity index (χ4n) is 8.89. The Kier molecular flexibility index (Phi) is 29.7. The number of hydrogen-bond donors (Lipinski definition) is 7. The highest BCUT2D eigenvalue weighted by atomic mass is 31.2. The van der Waals surface area contributed by atoms with Gasteiger partial charge in [-0.1, -0.05) is 72.5 Å². The van der Waals surface area contributed by atoms with Gasteiger partial charge in [-0.2, -0.15) is 0 Å². The van der Waals surface area contributed by atoms with Crippen LogP contribution in [0.1, 0.15) is 90.4 Å². The maximum Gasteiger partial charge on any atom is 0.471 e. The monoisotopic (exact) mass is 1270 g/mol. The molecule has 4 aromatic heterocycles. The van der Waals surface area contributed by atoms with Gasteiger partial charge in [-0.3, -0.25) is 42.6 Å². The van der Waals surface area contributed by atoms with Gasteiger partial charge in [0.15, 0.2) is 0 Å². The van der Waals surface area contributed by atoms with Crippen molar-refractivity contribution in [3.63, 3.8) is 0 Å². The first-order valence-electron chi connectivity index (χ1n) is 25.6. The molecule has 6 heterocycles. The van der Waals surface area contributed by atoms with Gasteiger partial charge in [-0.25, -0.2) is 19.1 Å². The number of carboxylic acid groups (broad SMARTS) is 1. The van der Waals surface area contributed by atoms with Crippen molar-refractivity contribution in [1.82, 2.24) is 38.7 Å². The second kappa shape index (κ2) is 34.4. The summed E-state index contributed by atoms with van der Waals surface area (Å²) < 4.78 is 55.3. The zero-order valence-corrected chi connectivity index (χ0v) is 47.8. The number of phosphoric ester groups is 2. The van der Waals surface area contributed by atoms with Gasteiger partial charge in [0.25, 0.3) is 35.2 Å². The summed E-state index contributed by atoms with van der Waals surface area (Å²) in [6.07, 6.45) is 7.26. The van der Waals surface area contributed by atoms with Crippen LogP contribution < -0.4 is 30.4 Å². The van der Waals surface area contributed by atoms with Crippen molar-refractivity contribution in [2.45, 2.75) is 68.5 Å². The SMILES string of the molecule is C.C.C.C.COc1cnc(OC)c2c1c(C(=O)C(=O)N1CCN(C(=O)c3ccccc3)CC1)cn2COP(=O)(O)O.COc1cnc(OC)c2c1c(C(=O)C(=O)N1CCN(C(=O)c3ccccc3)CC1)cn2COP(=O)(O)O.NCCCCC(N)C(=O)O. The van der Waals surface area contributed by atoms with E-state index >= 15 is 0 Å². The average Bonchev–Trinajstić information content (AvgIpc) is 4.12. The van der Waals surface area contributed by atoms with Crippen LogP contribution in [-0.2, 0) is 46.0 Å². The third kappa shape index (κ3) is 19.2. The van der Waals surface area contributed by atoms with E-state index < -0.39 is 64.5 Å². The lowest BCUT2D eigenvalue weighted by molar-refractivity contribution is -0.138. The number of rotatable bonds is 21. The summed E-state index contributed by atoms with van der Waals surface area (Å²) >= 11 is 0. The lowest BCUT2D eigenvalue weighted by Crippen LogP contribution is -2.52. The smallest absolute Gasteiger partial charge is 0.471 e. The predicted molar refractivity (Wildman–Crippen MR) is 324 cm³/mol. The molecule has 4 amide bonds. The normalized spacial score (nSPS) is 13.3. The van der Waals surface area contributed by atoms with Crippen LogP contribution in [0, 0.1) is 0 Å². The molecule has 0 saturated carbocycles. The van der Waals surface area contributed by atoms with Crippen molar-refractivity contribution in [3.8, 4) is 23.3 Å².